The van der Waals surface area contributed by atoms with Gasteiger partial charge in [0.05, 0.1) is 5.56 Å². The normalized spacial score (nSPS) is 10.9. The second kappa shape index (κ2) is 10.4. The molecule has 0 fully saturated rings. The van der Waals surface area contributed by atoms with Gasteiger partial charge in [0.2, 0.25) is 0 Å². The van der Waals surface area contributed by atoms with Crippen molar-refractivity contribution >= 4 is 38.7 Å². The zero-order valence-corrected chi connectivity index (χ0v) is 22.3. The Bertz CT molecular complexity index is 1970. The summed E-state index contributed by atoms with van der Waals surface area (Å²) in [6.07, 6.45) is 1.62. The second-order valence-electron chi connectivity index (χ2n) is 9.94. The number of hydrogen-bond donors (Lipinski definition) is 0. The molecule has 1 heterocycles. The Morgan fingerprint density at radius 2 is 0.927 bits per heavy atom. The van der Waals surface area contributed by atoms with Crippen molar-refractivity contribution < 1.29 is 0 Å². The van der Waals surface area contributed by atoms with Crippen molar-refractivity contribution in [1.82, 2.24) is 4.98 Å². The predicted octanol–water partition coefficient (Wildman–Crippen LogP) is 10.1. The highest BCUT2D eigenvalue weighted by Crippen LogP contribution is 2.44. The minimum atomic E-state index is 0.537. The third kappa shape index (κ3) is 4.38. The number of benzene rings is 6. The third-order valence-corrected chi connectivity index (χ3v) is 7.53. The quantitative estimate of drug-likeness (QED) is 0.211. The summed E-state index contributed by atoms with van der Waals surface area (Å²) < 4.78 is 0. The van der Waals surface area contributed by atoms with Gasteiger partial charge >= 0.3 is 0 Å². The van der Waals surface area contributed by atoms with E-state index in [1.54, 1.807) is 12.3 Å². The summed E-state index contributed by atoms with van der Waals surface area (Å²) in [6.45, 7) is 0. The van der Waals surface area contributed by atoms with Gasteiger partial charge in [0, 0.05) is 17.6 Å². The molecular formula is C38H25N3. The Morgan fingerprint density at radius 3 is 1.41 bits per heavy atom. The number of anilines is 3. The molecule has 0 atom stereocenters. The highest BCUT2D eigenvalue weighted by Gasteiger charge is 2.18. The number of fused-ring (bicyclic) bond motifs is 2. The van der Waals surface area contributed by atoms with Crippen molar-refractivity contribution in [2.75, 3.05) is 4.90 Å². The van der Waals surface area contributed by atoms with Crippen molar-refractivity contribution in [3.63, 3.8) is 0 Å². The number of aromatic nitrogens is 1. The first-order valence-electron chi connectivity index (χ1n) is 13.6. The van der Waals surface area contributed by atoms with E-state index in [1.165, 1.54) is 38.2 Å². The third-order valence-electron chi connectivity index (χ3n) is 7.53. The van der Waals surface area contributed by atoms with Crippen molar-refractivity contribution in [2.45, 2.75) is 0 Å². The lowest BCUT2D eigenvalue weighted by Crippen LogP contribution is -2.11. The molecular weight excluding hydrogens is 498 g/mol. The highest BCUT2D eigenvalue weighted by atomic mass is 15.2. The maximum Gasteiger partial charge on any atom is 0.137 e. The van der Waals surface area contributed by atoms with Crippen molar-refractivity contribution in [1.29, 1.82) is 5.26 Å². The van der Waals surface area contributed by atoms with Crippen molar-refractivity contribution in [3.05, 3.63) is 157 Å². The topological polar surface area (TPSA) is 39.9 Å². The number of nitriles is 1. The van der Waals surface area contributed by atoms with Gasteiger partial charge in [-0.2, -0.15) is 5.26 Å². The largest absolute Gasteiger partial charge is 0.295 e. The number of hydrogen-bond acceptors (Lipinski definition) is 3. The van der Waals surface area contributed by atoms with Gasteiger partial charge in [-0.05, 0) is 80.2 Å². The first-order valence-corrected chi connectivity index (χ1v) is 13.6. The Balaban J connectivity index is 1.41. The summed E-state index contributed by atoms with van der Waals surface area (Å²) in [5.41, 5.74) is 7.39. The molecule has 0 aliphatic rings. The van der Waals surface area contributed by atoms with Crippen LogP contribution in [0.3, 0.4) is 0 Å². The minimum absolute atomic E-state index is 0.537. The van der Waals surface area contributed by atoms with E-state index in [4.69, 9.17) is 0 Å². The average Bonchev–Trinajstić information content (AvgIpc) is 3.05. The molecule has 3 nitrogen and oxygen atoms in total. The van der Waals surface area contributed by atoms with E-state index in [1.807, 2.05) is 24.3 Å². The van der Waals surface area contributed by atoms with Gasteiger partial charge in [0.1, 0.15) is 11.9 Å². The van der Waals surface area contributed by atoms with Crippen LogP contribution in [0.2, 0.25) is 0 Å². The predicted molar refractivity (Wildman–Crippen MR) is 170 cm³/mol. The highest BCUT2D eigenvalue weighted by molar-refractivity contribution is 6.21. The molecule has 0 unspecified atom stereocenters. The van der Waals surface area contributed by atoms with E-state index in [9.17, 15) is 5.26 Å². The van der Waals surface area contributed by atoms with Crippen LogP contribution in [0.15, 0.2) is 152 Å². The molecule has 0 amide bonds. The van der Waals surface area contributed by atoms with Gasteiger partial charge in [-0.1, -0.05) is 109 Å². The lowest BCUT2D eigenvalue weighted by molar-refractivity contribution is 1.17. The van der Waals surface area contributed by atoms with Crippen LogP contribution in [-0.4, -0.2) is 4.98 Å². The molecule has 41 heavy (non-hydrogen) atoms. The fourth-order valence-corrected chi connectivity index (χ4v) is 5.71. The van der Waals surface area contributed by atoms with Gasteiger partial charge in [-0.25, -0.2) is 4.98 Å². The fourth-order valence-electron chi connectivity index (χ4n) is 5.71. The van der Waals surface area contributed by atoms with E-state index in [2.05, 4.69) is 131 Å². The molecule has 0 radical (unpaired) electrons. The second-order valence-corrected chi connectivity index (χ2v) is 9.94. The Hall–Kier alpha value is -5.72. The first kappa shape index (κ1) is 24.3. The van der Waals surface area contributed by atoms with Crippen LogP contribution in [-0.2, 0) is 0 Å². The zero-order chi connectivity index (χ0) is 27.6. The molecule has 0 saturated heterocycles. The van der Waals surface area contributed by atoms with Crippen LogP contribution in [0.1, 0.15) is 5.56 Å². The van der Waals surface area contributed by atoms with Crippen LogP contribution >= 0.6 is 0 Å². The van der Waals surface area contributed by atoms with Gasteiger partial charge in [-0.15, -0.1) is 0 Å². The smallest absolute Gasteiger partial charge is 0.137 e. The first-order chi connectivity index (χ1) is 20.3. The van der Waals surface area contributed by atoms with Gasteiger partial charge in [0.15, 0.2) is 0 Å². The average molecular weight is 524 g/mol. The van der Waals surface area contributed by atoms with Crippen molar-refractivity contribution in [2.24, 2.45) is 0 Å². The van der Waals surface area contributed by atoms with E-state index in [0.29, 0.717) is 5.56 Å². The minimum Gasteiger partial charge on any atom is -0.295 e. The lowest BCUT2D eigenvalue weighted by Gasteiger charge is -2.24. The standard InChI is InChI=1S/C38H25N3/c39-25-27-19-24-36(40-26-27)41(30-13-5-2-6-14-30)31-22-20-29(21-23-31)38-34-17-9-7-15-32(34)37(28-11-3-1-4-12-28)33-16-8-10-18-35(33)38/h1-24,26H. The molecule has 3 heteroatoms. The molecule has 0 aliphatic heterocycles. The van der Waals surface area contributed by atoms with Crippen LogP contribution in [0.5, 0.6) is 0 Å². The molecule has 1 aromatic heterocycles. The Labute approximate surface area is 239 Å². The maximum absolute atomic E-state index is 9.27. The molecule has 192 valence electrons. The van der Waals surface area contributed by atoms with Gasteiger partial charge in [-0.3, -0.25) is 4.90 Å². The number of rotatable bonds is 5. The summed E-state index contributed by atoms with van der Waals surface area (Å²) in [6, 6.07) is 52.8. The number of nitrogens with zero attached hydrogens (tertiary/aromatic N) is 3. The van der Waals surface area contributed by atoms with Gasteiger partial charge < -0.3 is 0 Å². The van der Waals surface area contributed by atoms with Crippen LogP contribution in [0, 0.1) is 11.3 Å². The molecule has 0 bridgehead atoms. The summed E-state index contributed by atoms with van der Waals surface area (Å²) in [4.78, 5) is 6.72. The monoisotopic (exact) mass is 523 g/mol. The summed E-state index contributed by atoms with van der Waals surface area (Å²) in [5.74, 6) is 0.756. The van der Waals surface area contributed by atoms with Crippen LogP contribution in [0.25, 0.3) is 43.8 Å². The number of para-hydroxylation sites is 1. The van der Waals surface area contributed by atoms with Crippen LogP contribution < -0.4 is 4.90 Å². The van der Waals surface area contributed by atoms with E-state index >= 15 is 0 Å². The Morgan fingerprint density at radius 1 is 0.463 bits per heavy atom. The van der Waals surface area contributed by atoms with Gasteiger partial charge in [0.25, 0.3) is 0 Å². The summed E-state index contributed by atoms with van der Waals surface area (Å²) in [5, 5.41) is 14.2. The van der Waals surface area contributed by atoms with Crippen molar-refractivity contribution in [3.8, 4) is 28.3 Å². The molecule has 0 spiro atoms. The fraction of sp³-hybridized carbons (Fsp3) is 0. The van der Waals surface area contributed by atoms with E-state index < -0.39 is 0 Å². The molecule has 0 N–H and O–H groups in total. The molecule has 0 aliphatic carbocycles. The number of pyridine rings is 1. The summed E-state index contributed by atoms with van der Waals surface area (Å²) >= 11 is 0. The molecule has 0 saturated carbocycles. The zero-order valence-electron chi connectivity index (χ0n) is 22.3. The lowest BCUT2D eigenvalue weighted by atomic mass is 9.86. The molecule has 7 rings (SSSR count). The molecule has 7 aromatic rings. The summed E-state index contributed by atoms with van der Waals surface area (Å²) in [7, 11) is 0. The molecule has 6 aromatic carbocycles. The van der Waals surface area contributed by atoms with E-state index in [0.717, 1.165) is 22.8 Å². The van der Waals surface area contributed by atoms with Crippen LogP contribution in [0.4, 0.5) is 17.2 Å². The maximum atomic E-state index is 9.27. The SMILES string of the molecule is N#Cc1ccc(N(c2ccccc2)c2ccc(-c3c4ccccc4c(-c4ccccc4)c4ccccc34)cc2)nc1. The Kier molecular flexibility index (Phi) is 6.20. The van der Waals surface area contributed by atoms with E-state index in [-0.39, 0.29) is 0 Å².